The Morgan fingerprint density at radius 2 is 2.11 bits per heavy atom. The Morgan fingerprint density at radius 3 is 2.58 bits per heavy atom. The van der Waals surface area contributed by atoms with Gasteiger partial charge in [-0.1, -0.05) is 32.4 Å². The summed E-state index contributed by atoms with van der Waals surface area (Å²) in [5, 5.41) is 5.02. The van der Waals surface area contributed by atoms with Crippen LogP contribution < -0.4 is 11.3 Å². The van der Waals surface area contributed by atoms with E-state index < -0.39 is 0 Å². The van der Waals surface area contributed by atoms with Crippen LogP contribution >= 0.6 is 11.6 Å². The Kier molecular flexibility index (Phi) is 5.80. The third-order valence-electron chi connectivity index (χ3n) is 2.94. The van der Waals surface area contributed by atoms with Gasteiger partial charge in [-0.25, -0.2) is 0 Å². The molecular formula is C13H26ClN5. The summed E-state index contributed by atoms with van der Waals surface area (Å²) in [5.74, 6) is 5.70. The van der Waals surface area contributed by atoms with Crippen molar-refractivity contribution in [2.75, 3.05) is 20.6 Å². The van der Waals surface area contributed by atoms with Crippen molar-refractivity contribution in [3.05, 3.63) is 16.9 Å². The lowest BCUT2D eigenvalue weighted by Crippen LogP contribution is -2.33. The molecule has 0 fully saturated rings. The van der Waals surface area contributed by atoms with Gasteiger partial charge in [0.25, 0.3) is 0 Å². The number of rotatable bonds is 6. The topological polar surface area (TPSA) is 59.1 Å². The monoisotopic (exact) mass is 287 g/mol. The Balaban J connectivity index is 2.92. The van der Waals surface area contributed by atoms with Gasteiger partial charge in [0, 0.05) is 6.54 Å². The van der Waals surface area contributed by atoms with Gasteiger partial charge in [0.15, 0.2) is 0 Å². The maximum absolute atomic E-state index is 6.27. The van der Waals surface area contributed by atoms with Crippen molar-refractivity contribution in [1.29, 1.82) is 0 Å². The van der Waals surface area contributed by atoms with Crippen molar-refractivity contribution in [3.63, 3.8) is 0 Å². The van der Waals surface area contributed by atoms with Crippen molar-refractivity contribution < 1.29 is 0 Å². The lowest BCUT2D eigenvalue weighted by Gasteiger charge is -2.26. The smallest absolute Gasteiger partial charge is 0.0834 e. The second-order valence-electron chi connectivity index (χ2n) is 6.39. The highest BCUT2D eigenvalue weighted by Crippen LogP contribution is 2.32. The Morgan fingerprint density at radius 1 is 1.47 bits per heavy atom. The van der Waals surface area contributed by atoms with Crippen molar-refractivity contribution >= 4 is 11.6 Å². The van der Waals surface area contributed by atoms with E-state index in [9.17, 15) is 0 Å². The summed E-state index contributed by atoms with van der Waals surface area (Å²) in [7, 11) is 4.08. The fraction of sp³-hybridized carbons (Fsp3) is 0.769. The molecule has 0 amide bonds. The Hall–Kier alpha value is -0.620. The fourth-order valence-electron chi connectivity index (χ4n) is 2.04. The molecule has 1 heterocycles. The summed E-state index contributed by atoms with van der Waals surface area (Å²) in [5.41, 5.74) is 4.01. The molecule has 19 heavy (non-hydrogen) atoms. The van der Waals surface area contributed by atoms with Crippen molar-refractivity contribution in [2.24, 2.45) is 11.3 Å². The summed E-state index contributed by atoms with van der Waals surface area (Å²) in [6, 6.07) is 0.0113. The SMILES string of the molecule is CN(C)CCn1ncc(Cl)c1C(CC(C)(C)C)NN. The second kappa shape index (κ2) is 6.70. The lowest BCUT2D eigenvalue weighted by atomic mass is 9.87. The number of nitrogens with zero attached hydrogens (tertiary/aromatic N) is 3. The van der Waals surface area contributed by atoms with Crippen LogP contribution in [0.1, 0.15) is 38.9 Å². The predicted molar refractivity (Wildman–Crippen MR) is 79.9 cm³/mol. The molecule has 3 N–H and O–H groups in total. The molecule has 0 aromatic carbocycles. The molecule has 0 aliphatic carbocycles. The number of hydrogen-bond acceptors (Lipinski definition) is 4. The number of hydrogen-bond donors (Lipinski definition) is 2. The van der Waals surface area contributed by atoms with Crippen LogP contribution in [0.4, 0.5) is 0 Å². The minimum Gasteiger partial charge on any atom is -0.308 e. The first-order valence-electron chi connectivity index (χ1n) is 6.56. The maximum atomic E-state index is 6.27. The van der Waals surface area contributed by atoms with E-state index in [0.717, 1.165) is 25.2 Å². The van der Waals surface area contributed by atoms with Crippen LogP contribution in [0.15, 0.2) is 6.20 Å². The summed E-state index contributed by atoms with van der Waals surface area (Å²) >= 11 is 6.27. The summed E-state index contributed by atoms with van der Waals surface area (Å²) in [6.07, 6.45) is 2.59. The highest BCUT2D eigenvalue weighted by molar-refractivity contribution is 6.31. The first kappa shape index (κ1) is 16.4. The van der Waals surface area contributed by atoms with Crippen molar-refractivity contribution in [3.8, 4) is 0 Å². The van der Waals surface area contributed by atoms with E-state index in [1.807, 2.05) is 18.8 Å². The van der Waals surface area contributed by atoms with Crippen LogP contribution in [0.25, 0.3) is 0 Å². The maximum Gasteiger partial charge on any atom is 0.0834 e. The quantitative estimate of drug-likeness (QED) is 0.621. The van der Waals surface area contributed by atoms with Crippen LogP contribution in [0.3, 0.4) is 0 Å². The number of nitrogens with two attached hydrogens (primary N) is 1. The van der Waals surface area contributed by atoms with Gasteiger partial charge in [-0.15, -0.1) is 0 Å². The molecule has 0 radical (unpaired) electrons. The number of halogens is 1. The zero-order chi connectivity index (χ0) is 14.6. The fourth-order valence-corrected chi connectivity index (χ4v) is 2.31. The number of likely N-dealkylation sites (N-methyl/N-ethyl adjacent to an activating group) is 1. The second-order valence-corrected chi connectivity index (χ2v) is 6.80. The first-order valence-corrected chi connectivity index (χ1v) is 6.94. The molecule has 0 aliphatic rings. The van der Waals surface area contributed by atoms with Gasteiger partial charge in [-0.05, 0) is 25.9 Å². The highest BCUT2D eigenvalue weighted by atomic mass is 35.5. The average molecular weight is 288 g/mol. The van der Waals surface area contributed by atoms with E-state index in [1.54, 1.807) is 6.20 Å². The van der Waals surface area contributed by atoms with Crippen molar-refractivity contribution in [1.82, 2.24) is 20.1 Å². The van der Waals surface area contributed by atoms with Gasteiger partial charge >= 0.3 is 0 Å². The minimum atomic E-state index is 0.0113. The van der Waals surface area contributed by atoms with Gasteiger partial charge in [0.2, 0.25) is 0 Å². The Bertz CT molecular complexity index is 394. The molecule has 1 aromatic rings. The summed E-state index contributed by atoms with van der Waals surface area (Å²) in [6.45, 7) is 8.28. The first-order chi connectivity index (χ1) is 8.74. The van der Waals surface area contributed by atoms with Gasteiger partial charge in [-0.2, -0.15) is 5.10 Å². The molecule has 0 bridgehead atoms. The number of hydrazine groups is 1. The normalized spacial score (nSPS) is 14.1. The van der Waals surface area contributed by atoms with E-state index in [1.165, 1.54) is 0 Å². The third-order valence-corrected chi connectivity index (χ3v) is 3.23. The Labute approximate surface area is 121 Å². The summed E-state index contributed by atoms with van der Waals surface area (Å²) < 4.78 is 1.94. The van der Waals surface area contributed by atoms with E-state index in [0.29, 0.717) is 5.02 Å². The van der Waals surface area contributed by atoms with Crippen LogP contribution in [0, 0.1) is 5.41 Å². The molecule has 110 valence electrons. The molecule has 0 spiro atoms. The van der Waals surface area contributed by atoms with E-state index in [4.69, 9.17) is 17.4 Å². The van der Waals surface area contributed by atoms with Gasteiger partial charge in [0.1, 0.15) is 0 Å². The predicted octanol–water partition coefficient (Wildman–Crippen LogP) is 2.04. The number of aromatic nitrogens is 2. The zero-order valence-electron chi connectivity index (χ0n) is 12.6. The van der Waals surface area contributed by atoms with E-state index >= 15 is 0 Å². The van der Waals surface area contributed by atoms with Gasteiger partial charge in [0.05, 0.1) is 29.5 Å². The average Bonchev–Trinajstić information content (AvgIpc) is 2.63. The van der Waals surface area contributed by atoms with E-state index in [2.05, 4.69) is 36.2 Å². The molecule has 1 atom stereocenters. The highest BCUT2D eigenvalue weighted by Gasteiger charge is 2.24. The number of nitrogens with one attached hydrogen (secondary N) is 1. The molecule has 1 aromatic heterocycles. The molecule has 6 heteroatoms. The molecule has 1 rings (SSSR count). The minimum absolute atomic E-state index is 0.0113. The summed E-state index contributed by atoms with van der Waals surface area (Å²) in [4.78, 5) is 2.12. The van der Waals surface area contributed by atoms with Crippen LogP contribution in [0.5, 0.6) is 0 Å². The van der Waals surface area contributed by atoms with Crippen LogP contribution in [-0.4, -0.2) is 35.3 Å². The van der Waals surface area contributed by atoms with Gasteiger partial charge in [-0.3, -0.25) is 16.0 Å². The molecule has 0 saturated heterocycles. The zero-order valence-corrected chi connectivity index (χ0v) is 13.3. The molecule has 5 nitrogen and oxygen atoms in total. The van der Waals surface area contributed by atoms with Crippen LogP contribution in [0.2, 0.25) is 5.02 Å². The van der Waals surface area contributed by atoms with E-state index in [-0.39, 0.29) is 11.5 Å². The molecular weight excluding hydrogens is 262 g/mol. The van der Waals surface area contributed by atoms with Gasteiger partial charge < -0.3 is 4.90 Å². The van der Waals surface area contributed by atoms with Crippen molar-refractivity contribution in [2.45, 2.75) is 39.8 Å². The molecule has 1 unspecified atom stereocenters. The third kappa shape index (κ3) is 5.10. The molecule has 0 aliphatic heterocycles. The van der Waals surface area contributed by atoms with Crippen LogP contribution in [-0.2, 0) is 6.54 Å². The lowest BCUT2D eigenvalue weighted by molar-refractivity contribution is 0.297. The largest absolute Gasteiger partial charge is 0.308 e. The standard InChI is InChI=1S/C13H26ClN5/c1-13(2,3)8-11(17-15)12-10(14)9-16-19(12)7-6-18(4)5/h9,11,17H,6-8,15H2,1-5H3. The molecule has 0 saturated carbocycles.